The first-order chi connectivity index (χ1) is 11.6. The van der Waals surface area contributed by atoms with Gasteiger partial charge in [-0.05, 0) is 36.6 Å². The summed E-state index contributed by atoms with van der Waals surface area (Å²) in [6.07, 6.45) is 4.64. The Hall–Kier alpha value is -2.25. The second-order valence-electron chi connectivity index (χ2n) is 6.03. The highest BCUT2D eigenvalue weighted by atomic mass is 32.2. The van der Waals surface area contributed by atoms with E-state index in [-0.39, 0.29) is 10.8 Å². The Balaban J connectivity index is 1.87. The molecule has 24 heavy (non-hydrogen) atoms. The van der Waals surface area contributed by atoms with Crippen LogP contribution in [0.4, 0.5) is 5.69 Å². The van der Waals surface area contributed by atoms with Crippen LogP contribution < -0.4 is 4.90 Å². The molecule has 7 heteroatoms. The molecule has 2 aromatic rings. The zero-order valence-corrected chi connectivity index (χ0v) is 13.8. The van der Waals surface area contributed by atoms with Crippen LogP contribution in [0, 0.1) is 0 Å². The number of anilines is 1. The minimum atomic E-state index is -3.66. The summed E-state index contributed by atoms with van der Waals surface area (Å²) < 4.78 is 27.3. The molecule has 1 fully saturated rings. The first-order valence-corrected chi connectivity index (χ1v) is 9.34. The number of hydrogen-bond acceptors (Lipinski definition) is 4. The van der Waals surface area contributed by atoms with Crippen LogP contribution in [0.2, 0.25) is 0 Å². The Morgan fingerprint density at radius 1 is 1.17 bits per heavy atom. The van der Waals surface area contributed by atoms with Gasteiger partial charge in [-0.3, -0.25) is 9.78 Å². The lowest BCUT2D eigenvalue weighted by atomic mass is 10.1. The predicted molar refractivity (Wildman–Crippen MR) is 88.8 cm³/mol. The van der Waals surface area contributed by atoms with Crippen LogP contribution in [0.5, 0.6) is 0 Å². The number of sulfonamides is 1. The monoisotopic (exact) mass is 343 g/mol. The van der Waals surface area contributed by atoms with Crippen molar-refractivity contribution in [3.05, 3.63) is 54.4 Å². The number of carbonyl (C=O) groups is 1. The molecule has 0 saturated carbocycles. The van der Waals surface area contributed by atoms with E-state index < -0.39 is 16.1 Å². The third-order valence-electron chi connectivity index (χ3n) is 4.56. The number of para-hydroxylation sites is 1. The molecule has 0 spiro atoms. The highest BCUT2D eigenvalue weighted by molar-refractivity contribution is 7.89. The quantitative estimate of drug-likeness (QED) is 0.833. The van der Waals surface area contributed by atoms with Crippen molar-refractivity contribution in [2.24, 2.45) is 0 Å². The van der Waals surface area contributed by atoms with Crippen molar-refractivity contribution >= 4 is 21.6 Å². The molecule has 1 aromatic heterocycles. The number of carbonyl (C=O) groups excluding carboxylic acids is 1. The van der Waals surface area contributed by atoms with E-state index in [4.69, 9.17) is 0 Å². The van der Waals surface area contributed by atoms with Gasteiger partial charge in [0.25, 0.3) is 0 Å². The largest absolute Gasteiger partial charge is 0.305 e. The molecule has 2 aliphatic heterocycles. The van der Waals surface area contributed by atoms with Gasteiger partial charge in [-0.15, -0.1) is 0 Å². The molecule has 4 rings (SSSR count). The van der Waals surface area contributed by atoms with Gasteiger partial charge in [0, 0.05) is 18.9 Å². The third-order valence-corrected chi connectivity index (χ3v) is 6.52. The van der Waals surface area contributed by atoms with Crippen molar-refractivity contribution in [3.8, 4) is 0 Å². The van der Waals surface area contributed by atoms with Crippen molar-refractivity contribution in [1.82, 2.24) is 9.29 Å². The predicted octanol–water partition coefficient (Wildman–Crippen LogP) is 1.78. The number of pyridine rings is 1. The Morgan fingerprint density at radius 2 is 2.00 bits per heavy atom. The van der Waals surface area contributed by atoms with Gasteiger partial charge < -0.3 is 4.90 Å². The SMILES string of the molecule is O=C1C2CCCN2S(=O)(=O)c2ccccc2N1Cc1cccnc1. The molecule has 0 radical (unpaired) electrons. The minimum absolute atomic E-state index is 0.162. The van der Waals surface area contributed by atoms with Gasteiger partial charge in [0.1, 0.15) is 10.9 Å². The van der Waals surface area contributed by atoms with Crippen LogP contribution in [0.15, 0.2) is 53.7 Å². The van der Waals surface area contributed by atoms with E-state index in [0.29, 0.717) is 31.6 Å². The lowest BCUT2D eigenvalue weighted by Crippen LogP contribution is -2.44. The standard InChI is InChI=1S/C17H17N3O3S/c21-17-15-7-4-10-20(15)24(22,23)16-8-2-1-6-14(16)19(17)12-13-5-3-9-18-11-13/h1-3,5-6,8-9,11,15H,4,7,10,12H2. The van der Waals surface area contributed by atoms with Crippen LogP contribution in [0.3, 0.4) is 0 Å². The minimum Gasteiger partial charge on any atom is -0.305 e. The van der Waals surface area contributed by atoms with Crippen molar-refractivity contribution in [1.29, 1.82) is 0 Å². The van der Waals surface area contributed by atoms with Gasteiger partial charge in [-0.25, -0.2) is 8.42 Å². The van der Waals surface area contributed by atoms with Gasteiger partial charge in [-0.2, -0.15) is 4.31 Å². The molecule has 1 unspecified atom stereocenters. The molecule has 1 aromatic carbocycles. The summed E-state index contributed by atoms with van der Waals surface area (Å²) in [6, 6.07) is 9.81. The number of benzene rings is 1. The zero-order chi connectivity index (χ0) is 16.7. The van der Waals surface area contributed by atoms with E-state index in [1.165, 1.54) is 4.31 Å². The average Bonchev–Trinajstić information content (AvgIpc) is 3.08. The number of hydrogen-bond donors (Lipinski definition) is 0. The molecular formula is C17H17N3O3S. The summed E-state index contributed by atoms with van der Waals surface area (Å²) in [5.41, 5.74) is 1.31. The van der Waals surface area contributed by atoms with Crippen LogP contribution in [-0.4, -0.2) is 36.2 Å². The van der Waals surface area contributed by atoms with Gasteiger partial charge in [-0.1, -0.05) is 18.2 Å². The first kappa shape index (κ1) is 15.3. The lowest BCUT2D eigenvalue weighted by Gasteiger charge is -2.25. The topological polar surface area (TPSA) is 70.6 Å². The van der Waals surface area contributed by atoms with E-state index >= 15 is 0 Å². The average molecular weight is 343 g/mol. The molecule has 2 aliphatic rings. The molecular weight excluding hydrogens is 326 g/mol. The molecule has 0 N–H and O–H groups in total. The summed E-state index contributed by atoms with van der Waals surface area (Å²) in [4.78, 5) is 18.9. The highest BCUT2D eigenvalue weighted by Crippen LogP contribution is 2.37. The Kier molecular flexibility index (Phi) is 3.62. The molecule has 0 aliphatic carbocycles. The maximum absolute atomic E-state index is 13.1. The van der Waals surface area contributed by atoms with Crippen molar-refractivity contribution < 1.29 is 13.2 Å². The van der Waals surface area contributed by atoms with Crippen LogP contribution >= 0.6 is 0 Å². The highest BCUT2D eigenvalue weighted by Gasteiger charge is 2.45. The van der Waals surface area contributed by atoms with Gasteiger partial charge in [0.2, 0.25) is 15.9 Å². The second kappa shape index (κ2) is 5.68. The molecule has 1 atom stereocenters. The van der Waals surface area contributed by atoms with E-state index in [1.54, 1.807) is 41.6 Å². The zero-order valence-electron chi connectivity index (χ0n) is 13.0. The summed E-state index contributed by atoms with van der Waals surface area (Å²) >= 11 is 0. The molecule has 124 valence electrons. The maximum Gasteiger partial charge on any atom is 0.245 e. The first-order valence-electron chi connectivity index (χ1n) is 7.90. The van der Waals surface area contributed by atoms with Crippen molar-refractivity contribution in [3.63, 3.8) is 0 Å². The smallest absolute Gasteiger partial charge is 0.245 e. The normalized spacial score (nSPS) is 22.8. The van der Waals surface area contributed by atoms with E-state index in [9.17, 15) is 13.2 Å². The number of fused-ring (bicyclic) bond motifs is 2. The fraction of sp³-hybridized carbons (Fsp3) is 0.294. The Labute approximate surface area is 140 Å². The Bertz CT molecular complexity index is 883. The van der Waals surface area contributed by atoms with E-state index in [1.807, 2.05) is 12.1 Å². The molecule has 0 bridgehead atoms. The van der Waals surface area contributed by atoms with Crippen LogP contribution in [-0.2, 0) is 21.4 Å². The molecule has 1 amide bonds. The maximum atomic E-state index is 13.1. The molecule has 3 heterocycles. The lowest BCUT2D eigenvalue weighted by molar-refractivity contribution is -0.121. The van der Waals surface area contributed by atoms with Crippen molar-refractivity contribution in [2.75, 3.05) is 11.4 Å². The van der Waals surface area contributed by atoms with E-state index in [2.05, 4.69) is 4.98 Å². The number of rotatable bonds is 2. The fourth-order valence-electron chi connectivity index (χ4n) is 3.44. The summed E-state index contributed by atoms with van der Waals surface area (Å²) in [5, 5.41) is 0. The summed E-state index contributed by atoms with van der Waals surface area (Å²) in [5.74, 6) is -0.162. The Morgan fingerprint density at radius 3 is 2.79 bits per heavy atom. The molecule has 6 nitrogen and oxygen atoms in total. The van der Waals surface area contributed by atoms with Crippen LogP contribution in [0.25, 0.3) is 0 Å². The summed E-state index contributed by atoms with van der Waals surface area (Å²) in [6.45, 7) is 0.706. The number of nitrogens with zero attached hydrogens (tertiary/aromatic N) is 3. The van der Waals surface area contributed by atoms with Gasteiger partial charge in [0.15, 0.2) is 0 Å². The fourth-order valence-corrected chi connectivity index (χ4v) is 5.28. The van der Waals surface area contributed by atoms with Gasteiger partial charge >= 0.3 is 0 Å². The second-order valence-corrected chi connectivity index (χ2v) is 7.89. The van der Waals surface area contributed by atoms with Crippen LogP contribution in [0.1, 0.15) is 18.4 Å². The summed E-state index contributed by atoms with van der Waals surface area (Å²) in [7, 11) is -3.66. The van der Waals surface area contributed by atoms with Crippen molar-refractivity contribution in [2.45, 2.75) is 30.3 Å². The van der Waals surface area contributed by atoms with Gasteiger partial charge in [0.05, 0.1) is 12.2 Å². The van der Waals surface area contributed by atoms with E-state index in [0.717, 1.165) is 5.56 Å². The number of aromatic nitrogens is 1. The third kappa shape index (κ3) is 2.32. The number of amides is 1. The molecule has 1 saturated heterocycles.